The second kappa shape index (κ2) is 3.60. The molecule has 86 valence electrons. The Kier molecular flexibility index (Phi) is 2.19. The summed E-state index contributed by atoms with van der Waals surface area (Å²) in [5.41, 5.74) is 1.81. The van der Waals surface area contributed by atoms with Crippen LogP contribution < -0.4 is 4.74 Å². The van der Waals surface area contributed by atoms with E-state index in [4.69, 9.17) is 4.74 Å². The molecule has 0 aliphatic rings. The lowest BCUT2D eigenvalue weighted by molar-refractivity contribution is 0.111. The fraction of sp³-hybridized carbons (Fsp3) is 0.154. The maximum absolute atomic E-state index is 10.9. The monoisotopic (exact) mass is 245 g/mol. The van der Waals surface area contributed by atoms with Gasteiger partial charge < -0.3 is 9.30 Å². The SMILES string of the molecule is COc1cccc2c1sc1cc(C=O)n(C)c12. The van der Waals surface area contributed by atoms with Crippen molar-refractivity contribution in [2.75, 3.05) is 7.11 Å². The Hall–Kier alpha value is -1.81. The fourth-order valence-corrected chi connectivity index (χ4v) is 3.45. The minimum Gasteiger partial charge on any atom is -0.495 e. The standard InChI is InChI=1S/C13H11NO2S/c1-14-8(7-15)6-11-12(14)9-4-3-5-10(16-2)13(9)17-11/h3-7H,1-2H3. The lowest BCUT2D eigenvalue weighted by atomic mass is 10.2. The number of thiophene rings is 1. The number of aldehydes is 1. The molecular formula is C13H11NO2S. The molecule has 0 saturated carbocycles. The highest BCUT2D eigenvalue weighted by Gasteiger charge is 2.14. The van der Waals surface area contributed by atoms with E-state index in [2.05, 4.69) is 6.07 Å². The van der Waals surface area contributed by atoms with Gasteiger partial charge in [-0.1, -0.05) is 12.1 Å². The number of fused-ring (bicyclic) bond motifs is 3. The van der Waals surface area contributed by atoms with Crippen molar-refractivity contribution in [3.63, 3.8) is 0 Å². The molecular weight excluding hydrogens is 234 g/mol. The Morgan fingerprint density at radius 1 is 1.41 bits per heavy atom. The third kappa shape index (κ3) is 1.31. The smallest absolute Gasteiger partial charge is 0.166 e. The van der Waals surface area contributed by atoms with Gasteiger partial charge in [-0.3, -0.25) is 4.79 Å². The van der Waals surface area contributed by atoms with Gasteiger partial charge >= 0.3 is 0 Å². The highest BCUT2D eigenvalue weighted by Crippen LogP contribution is 2.39. The van der Waals surface area contributed by atoms with Gasteiger partial charge in [0, 0.05) is 12.4 Å². The number of benzene rings is 1. The molecule has 0 bridgehead atoms. The van der Waals surface area contributed by atoms with Crippen LogP contribution in [-0.2, 0) is 7.05 Å². The zero-order chi connectivity index (χ0) is 12.0. The van der Waals surface area contributed by atoms with Crippen LogP contribution in [0.1, 0.15) is 10.5 Å². The number of carbonyl (C=O) groups excluding carboxylic acids is 1. The second-order valence-corrected chi connectivity index (χ2v) is 4.95. The van der Waals surface area contributed by atoms with Crippen molar-refractivity contribution in [1.29, 1.82) is 0 Å². The van der Waals surface area contributed by atoms with Gasteiger partial charge in [0.15, 0.2) is 6.29 Å². The number of aryl methyl sites for hydroxylation is 1. The zero-order valence-corrected chi connectivity index (χ0v) is 10.4. The molecule has 3 nitrogen and oxygen atoms in total. The van der Waals surface area contributed by atoms with Crippen molar-refractivity contribution in [2.45, 2.75) is 0 Å². The summed E-state index contributed by atoms with van der Waals surface area (Å²) in [4.78, 5) is 10.9. The molecule has 2 aromatic heterocycles. The molecule has 0 amide bonds. The van der Waals surface area contributed by atoms with E-state index in [9.17, 15) is 4.79 Å². The first-order chi connectivity index (χ1) is 8.26. The third-order valence-corrected chi connectivity index (χ3v) is 4.18. The first kappa shape index (κ1) is 10.4. The molecule has 0 fully saturated rings. The molecule has 0 unspecified atom stereocenters. The van der Waals surface area contributed by atoms with Gasteiger partial charge in [-0.15, -0.1) is 11.3 Å². The predicted molar refractivity (Wildman–Crippen MR) is 70.2 cm³/mol. The molecule has 1 aromatic carbocycles. The number of ether oxygens (including phenoxy) is 1. The third-order valence-electron chi connectivity index (χ3n) is 3.02. The normalized spacial score (nSPS) is 11.2. The van der Waals surface area contributed by atoms with Crippen LogP contribution in [0.3, 0.4) is 0 Å². The van der Waals surface area contributed by atoms with E-state index in [1.54, 1.807) is 18.4 Å². The molecule has 0 aliphatic carbocycles. The summed E-state index contributed by atoms with van der Waals surface area (Å²) in [6, 6.07) is 7.91. The Bertz CT molecular complexity index is 724. The number of nitrogens with zero attached hydrogens (tertiary/aromatic N) is 1. The highest BCUT2D eigenvalue weighted by molar-refractivity contribution is 7.26. The fourth-order valence-electron chi connectivity index (χ4n) is 2.18. The Morgan fingerprint density at radius 2 is 2.24 bits per heavy atom. The lowest BCUT2D eigenvalue weighted by Gasteiger charge is -2.01. The van der Waals surface area contributed by atoms with Gasteiger partial charge in [0.25, 0.3) is 0 Å². The summed E-state index contributed by atoms with van der Waals surface area (Å²) in [6.07, 6.45) is 0.888. The number of aromatic nitrogens is 1. The second-order valence-electron chi connectivity index (χ2n) is 3.90. The first-order valence-electron chi connectivity index (χ1n) is 5.26. The van der Waals surface area contributed by atoms with Crippen molar-refractivity contribution in [3.05, 3.63) is 30.0 Å². The van der Waals surface area contributed by atoms with Crippen molar-refractivity contribution >= 4 is 37.9 Å². The molecule has 0 aliphatic heterocycles. The lowest BCUT2D eigenvalue weighted by Crippen LogP contribution is -1.93. The molecule has 2 heterocycles. The van der Waals surface area contributed by atoms with Crippen molar-refractivity contribution in [2.24, 2.45) is 7.05 Å². The first-order valence-corrected chi connectivity index (χ1v) is 6.08. The largest absolute Gasteiger partial charge is 0.495 e. The summed E-state index contributed by atoms with van der Waals surface area (Å²) in [6.45, 7) is 0. The summed E-state index contributed by atoms with van der Waals surface area (Å²) < 4.78 is 9.54. The van der Waals surface area contributed by atoms with E-state index < -0.39 is 0 Å². The maximum atomic E-state index is 10.9. The minimum atomic E-state index is 0.705. The molecule has 17 heavy (non-hydrogen) atoms. The number of carbonyl (C=O) groups is 1. The minimum absolute atomic E-state index is 0.705. The topological polar surface area (TPSA) is 31.2 Å². The molecule has 3 aromatic rings. The Morgan fingerprint density at radius 3 is 2.94 bits per heavy atom. The van der Waals surface area contributed by atoms with Crippen molar-refractivity contribution in [3.8, 4) is 5.75 Å². The molecule has 0 N–H and O–H groups in total. The molecule has 4 heteroatoms. The number of hydrogen-bond donors (Lipinski definition) is 0. The van der Waals surface area contributed by atoms with E-state index in [0.29, 0.717) is 5.69 Å². The van der Waals surface area contributed by atoms with Crippen LogP contribution in [0, 0.1) is 0 Å². The van der Waals surface area contributed by atoms with Crippen LogP contribution in [0.15, 0.2) is 24.3 Å². The quantitative estimate of drug-likeness (QED) is 0.649. The van der Waals surface area contributed by atoms with Gasteiger partial charge in [0.05, 0.1) is 27.7 Å². The maximum Gasteiger partial charge on any atom is 0.166 e. The number of rotatable bonds is 2. The molecule has 0 radical (unpaired) electrons. The van der Waals surface area contributed by atoms with E-state index >= 15 is 0 Å². The molecule has 3 rings (SSSR count). The summed E-state index contributed by atoms with van der Waals surface area (Å²) >= 11 is 1.66. The summed E-state index contributed by atoms with van der Waals surface area (Å²) in [5.74, 6) is 0.886. The summed E-state index contributed by atoms with van der Waals surface area (Å²) in [5, 5.41) is 1.14. The van der Waals surface area contributed by atoms with E-state index in [0.717, 1.165) is 32.3 Å². The van der Waals surface area contributed by atoms with E-state index in [1.807, 2.05) is 29.8 Å². The Labute approximate surface area is 102 Å². The summed E-state index contributed by atoms with van der Waals surface area (Å²) in [7, 11) is 3.59. The van der Waals surface area contributed by atoms with Crippen LogP contribution in [0.2, 0.25) is 0 Å². The van der Waals surface area contributed by atoms with E-state index in [1.165, 1.54) is 0 Å². The van der Waals surface area contributed by atoms with Crippen LogP contribution in [0.5, 0.6) is 5.75 Å². The van der Waals surface area contributed by atoms with Gasteiger partial charge in [-0.25, -0.2) is 0 Å². The van der Waals surface area contributed by atoms with Crippen LogP contribution in [0.4, 0.5) is 0 Å². The molecule has 0 spiro atoms. The molecule has 0 atom stereocenters. The highest BCUT2D eigenvalue weighted by atomic mass is 32.1. The van der Waals surface area contributed by atoms with Crippen LogP contribution in [-0.4, -0.2) is 18.0 Å². The van der Waals surface area contributed by atoms with Crippen molar-refractivity contribution in [1.82, 2.24) is 4.57 Å². The average molecular weight is 245 g/mol. The van der Waals surface area contributed by atoms with Crippen LogP contribution in [0.25, 0.3) is 20.3 Å². The van der Waals surface area contributed by atoms with E-state index in [-0.39, 0.29) is 0 Å². The van der Waals surface area contributed by atoms with Gasteiger partial charge in [-0.05, 0) is 12.1 Å². The van der Waals surface area contributed by atoms with Gasteiger partial charge in [0.1, 0.15) is 5.75 Å². The predicted octanol–water partition coefficient (Wildman–Crippen LogP) is 3.21. The number of methoxy groups -OCH3 is 1. The van der Waals surface area contributed by atoms with Gasteiger partial charge in [0.2, 0.25) is 0 Å². The molecule has 0 saturated heterocycles. The van der Waals surface area contributed by atoms with Crippen LogP contribution >= 0.6 is 11.3 Å². The number of hydrogen-bond acceptors (Lipinski definition) is 3. The average Bonchev–Trinajstić information content (AvgIpc) is 2.86. The zero-order valence-electron chi connectivity index (χ0n) is 9.56. The Balaban J connectivity index is 2.49. The van der Waals surface area contributed by atoms with Gasteiger partial charge in [-0.2, -0.15) is 0 Å². The van der Waals surface area contributed by atoms with Crippen molar-refractivity contribution < 1.29 is 9.53 Å².